The van der Waals surface area contributed by atoms with Gasteiger partial charge in [0.2, 0.25) is 5.95 Å². The summed E-state index contributed by atoms with van der Waals surface area (Å²) >= 11 is 3.50. The van der Waals surface area contributed by atoms with E-state index in [9.17, 15) is 0 Å². The van der Waals surface area contributed by atoms with E-state index in [0.717, 1.165) is 28.1 Å². The van der Waals surface area contributed by atoms with Crippen LogP contribution in [0.3, 0.4) is 0 Å². The molecule has 0 atom stereocenters. The summed E-state index contributed by atoms with van der Waals surface area (Å²) in [4.78, 5) is 8.70. The predicted octanol–water partition coefficient (Wildman–Crippen LogP) is 4.03. The molecule has 1 heterocycles. The molecule has 0 spiro atoms. The molecule has 0 amide bonds. The number of aromatic nitrogens is 2. The van der Waals surface area contributed by atoms with Gasteiger partial charge in [-0.25, -0.2) is 4.98 Å². The van der Waals surface area contributed by atoms with Gasteiger partial charge in [-0.05, 0) is 44.5 Å². The molecule has 0 aliphatic carbocycles. The molecule has 2 aromatic rings. The minimum absolute atomic E-state index is 0.643. The Bertz CT molecular complexity index is 584. The van der Waals surface area contributed by atoms with Gasteiger partial charge >= 0.3 is 0 Å². The Labute approximate surface area is 121 Å². The largest absolute Gasteiger partial charge is 0.354 e. The molecule has 0 radical (unpaired) electrons. The highest BCUT2D eigenvalue weighted by molar-refractivity contribution is 9.10. The molecule has 2 rings (SSSR count). The topological polar surface area (TPSA) is 49.8 Å². The lowest BCUT2D eigenvalue weighted by atomic mass is 10.2. The fraction of sp³-hybridized carbons (Fsp3) is 0.286. The van der Waals surface area contributed by atoms with Gasteiger partial charge < -0.3 is 10.6 Å². The summed E-state index contributed by atoms with van der Waals surface area (Å²) in [5.41, 5.74) is 3.22. The first kappa shape index (κ1) is 13.8. The Hall–Kier alpha value is -1.62. The summed E-state index contributed by atoms with van der Waals surface area (Å²) in [5.74, 6) is 1.47. The van der Waals surface area contributed by atoms with Gasteiger partial charge in [0.05, 0.1) is 0 Å². The molecule has 0 unspecified atom stereocenters. The fourth-order valence-corrected chi connectivity index (χ4v) is 1.92. The van der Waals surface area contributed by atoms with Crippen LogP contribution < -0.4 is 10.6 Å². The van der Waals surface area contributed by atoms with E-state index in [2.05, 4.69) is 49.5 Å². The molecule has 0 saturated heterocycles. The highest BCUT2D eigenvalue weighted by atomic mass is 79.9. The van der Waals surface area contributed by atoms with Crippen molar-refractivity contribution in [3.63, 3.8) is 0 Å². The van der Waals surface area contributed by atoms with Crippen LogP contribution in [0.25, 0.3) is 0 Å². The normalized spacial score (nSPS) is 10.3. The molecule has 0 bridgehead atoms. The number of aryl methyl sites for hydroxylation is 2. The standard InChI is InChI=1S/C14H17BrN4/c1-4-16-14-17-8-10(3)13(19-14)18-11-5-6-12(15)9(2)7-11/h5-8H,4H2,1-3H3,(H2,16,17,18,19). The van der Waals surface area contributed by atoms with Gasteiger partial charge in [0.15, 0.2) is 0 Å². The van der Waals surface area contributed by atoms with Gasteiger partial charge in [-0.3, -0.25) is 0 Å². The molecule has 0 aliphatic rings. The Kier molecular flexibility index (Phi) is 4.37. The second-order valence-corrected chi connectivity index (χ2v) is 5.20. The maximum Gasteiger partial charge on any atom is 0.224 e. The first-order valence-corrected chi connectivity index (χ1v) is 7.00. The number of halogens is 1. The summed E-state index contributed by atoms with van der Waals surface area (Å²) in [5, 5.41) is 6.44. The Morgan fingerprint density at radius 1 is 1.21 bits per heavy atom. The lowest BCUT2D eigenvalue weighted by Crippen LogP contribution is -2.05. The maximum absolute atomic E-state index is 4.46. The quantitative estimate of drug-likeness (QED) is 0.892. The SMILES string of the molecule is CCNc1ncc(C)c(Nc2ccc(Br)c(C)c2)n1. The van der Waals surface area contributed by atoms with Gasteiger partial charge in [-0.15, -0.1) is 0 Å². The first-order chi connectivity index (χ1) is 9.10. The summed E-state index contributed by atoms with van der Waals surface area (Å²) < 4.78 is 1.10. The van der Waals surface area contributed by atoms with Crippen molar-refractivity contribution in [2.75, 3.05) is 17.2 Å². The van der Waals surface area contributed by atoms with E-state index in [1.807, 2.05) is 32.2 Å². The number of nitrogens with one attached hydrogen (secondary N) is 2. The summed E-state index contributed by atoms with van der Waals surface area (Å²) in [7, 11) is 0. The van der Waals surface area contributed by atoms with E-state index in [1.54, 1.807) is 0 Å². The highest BCUT2D eigenvalue weighted by Gasteiger charge is 2.04. The van der Waals surface area contributed by atoms with Crippen LogP contribution in [0.1, 0.15) is 18.1 Å². The van der Waals surface area contributed by atoms with Crippen molar-refractivity contribution < 1.29 is 0 Å². The number of anilines is 3. The summed E-state index contributed by atoms with van der Waals surface area (Å²) in [6, 6.07) is 6.13. The van der Waals surface area contributed by atoms with Gasteiger partial charge in [0, 0.05) is 28.5 Å². The lowest BCUT2D eigenvalue weighted by molar-refractivity contribution is 1.07. The van der Waals surface area contributed by atoms with Crippen LogP contribution in [-0.4, -0.2) is 16.5 Å². The maximum atomic E-state index is 4.46. The van der Waals surface area contributed by atoms with Crippen molar-refractivity contribution in [2.45, 2.75) is 20.8 Å². The van der Waals surface area contributed by atoms with Crippen LogP contribution in [0.4, 0.5) is 17.5 Å². The second-order valence-electron chi connectivity index (χ2n) is 4.34. The second kappa shape index (κ2) is 6.02. The average molecular weight is 321 g/mol. The molecule has 5 heteroatoms. The zero-order valence-electron chi connectivity index (χ0n) is 11.3. The van der Waals surface area contributed by atoms with E-state index in [1.165, 1.54) is 5.56 Å². The van der Waals surface area contributed by atoms with Gasteiger partial charge in [0.1, 0.15) is 5.82 Å². The zero-order valence-corrected chi connectivity index (χ0v) is 12.9. The summed E-state index contributed by atoms with van der Waals surface area (Å²) in [6.07, 6.45) is 1.82. The number of hydrogen-bond acceptors (Lipinski definition) is 4. The molecule has 0 aliphatic heterocycles. The van der Waals surface area contributed by atoms with Crippen LogP contribution in [0, 0.1) is 13.8 Å². The van der Waals surface area contributed by atoms with E-state index in [-0.39, 0.29) is 0 Å². The molecular weight excluding hydrogens is 304 g/mol. The molecule has 2 N–H and O–H groups in total. The molecule has 0 saturated carbocycles. The third-order valence-electron chi connectivity index (χ3n) is 2.73. The fourth-order valence-electron chi connectivity index (χ4n) is 1.67. The van der Waals surface area contributed by atoms with Crippen LogP contribution >= 0.6 is 15.9 Å². The first-order valence-electron chi connectivity index (χ1n) is 6.21. The number of benzene rings is 1. The van der Waals surface area contributed by atoms with E-state index in [0.29, 0.717) is 5.95 Å². The van der Waals surface area contributed by atoms with Crippen molar-refractivity contribution in [1.82, 2.24) is 9.97 Å². The van der Waals surface area contributed by atoms with E-state index in [4.69, 9.17) is 0 Å². The third-order valence-corrected chi connectivity index (χ3v) is 3.62. The average Bonchev–Trinajstić information content (AvgIpc) is 2.38. The Morgan fingerprint density at radius 2 is 2.00 bits per heavy atom. The van der Waals surface area contributed by atoms with Crippen LogP contribution in [-0.2, 0) is 0 Å². The Balaban J connectivity index is 2.26. The monoisotopic (exact) mass is 320 g/mol. The number of nitrogens with zero attached hydrogens (tertiary/aromatic N) is 2. The van der Waals surface area contributed by atoms with Gasteiger partial charge in [0.25, 0.3) is 0 Å². The van der Waals surface area contributed by atoms with Crippen molar-refractivity contribution >= 4 is 33.4 Å². The van der Waals surface area contributed by atoms with Crippen LogP contribution in [0.15, 0.2) is 28.9 Å². The lowest BCUT2D eigenvalue weighted by Gasteiger charge is -2.11. The van der Waals surface area contributed by atoms with Crippen molar-refractivity contribution in [2.24, 2.45) is 0 Å². The summed E-state index contributed by atoms with van der Waals surface area (Å²) in [6.45, 7) is 6.88. The molecule has 1 aromatic heterocycles. The van der Waals surface area contributed by atoms with Crippen LogP contribution in [0.2, 0.25) is 0 Å². The molecular formula is C14H17BrN4. The number of hydrogen-bond donors (Lipinski definition) is 2. The molecule has 4 nitrogen and oxygen atoms in total. The van der Waals surface area contributed by atoms with Crippen molar-refractivity contribution in [3.8, 4) is 0 Å². The third kappa shape index (κ3) is 3.44. The van der Waals surface area contributed by atoms with Crippen molar-refractivity contribution in [1.29, 1.82) is 0 Å². The van der Waals surface area contributed by atoms with Crippen LogP contribution in [0.5, 0.6) is 0 Å². The minimum atomic E-state index is 0.643. The predicted molar refractivity (Wildman–Crippen MR) is 83.1 cm³/mol. The van der Waals surface area contributed by atoms with E-state index >= 15 is 0 Å². The molecule has 0 fully saturated rings. The highest BCUT2D eigenvalue weighted by Crippen LogP contribution is 2.23. The van der Waals surface area contributed by atoms with Crippen molar-refractivity contribution in [3.05, 3.63) is 40.0 Å². The smallest absolute Gasteiger partial charge is 0.224 e. The molecule has 100 valence electrons. The van der Waals surface area contributed by atoms with E-state index < -0.39 is 0 Å². The molecule has 19 heavy (non-hydrogen) atoms. The Morgan fingerprint density at radius 3 is 2.68 bits per heavy atom. The van der Waals surface area contributed by atoms with Gasteiger partial charge in [-0.1, -0.05) is 15.9 Å². The van der Waals surface area contributed by atoms with Gasteiger partial charge in [-0.2, -0.15) is 4.98 Å². The number of rotatable bonds is 4. The zero-order chi connectivity index (χ0) is 13.8. The molecule has 1 aromatic carbocycles. The minimum Gasteiger partial charge on any atom is -0.354 e.